The molecule has 2 aliphatic rings. The van der Waals surface area contributed by atoms with Crippen LogP contribution in [0, 0.1) is 5.92 Å². The summed E-state index contributed by atoms with van der Waals surface area (Å²) in [7, 11) is 0. The molecule has 2 nitrogen and oxygen atoms in total. The normalized spacial score (nSPS) is 26.4. The highest BCUT2D eigenvalue weighted by atomic mass is 35.5. The first kappa shape index (κ1) is 14.1. The van der Waals surface area contributed by atoms with E-state index in [0.717, 1.165) is 24.1 Å². The molecule has 0 aromatic heterocycles. The predicted molar refractivity (Wildman–Crippen MR) is 82.3 cm³/mol. The number of fused-ring (bicyclic) bond motifs is 1. The Labute approximate surface area is 126 Å². The van der Waals surface area contributed by atoms with Gasteiger partial charge in [-0.05, 0) is 62.4 Å². The molecule has 1 aliphatic carbocycles. The van der Waals surface area contributed by atoms with E-state index in [-0.39, 0.29) is 5.78 Å². The molecule has 1 saturated heterocycles. The van der Waals surface area contributed by atoms with Gasteiger partial charge < -0.3 is 0 Å². The lowest BCUT2D eigenvalue weighted by Crippen LogP contribution is -2.43. The molecule has 2 fully saturated rings. The van der Waals surface area contributed by atoms with Gasteiger partial charge in [-0.25, -0.2) is 0 Å². The van der Waals surface area contributed by atoms with Crippen molar-refractivity contribution in [2.45, 2.75) is 44.6 Å². The Balaban J connectivity index is 1.56. The van der Waals surface area contributed by atoms with E-state index in [1.807, 2.05) is 12.1 Å². The molecule has 108 valence electrons. The summed E-state index contributed by atoms with van der Waals surface area (Å²) in [6, 6.07) is 8.01. The molecule has 0 radical (unpaired) electrons. The monoisotopic (exact) mass is 291 g/mol. The molecule has 0 bridgehead atoms. The van der Waals surface area contributed by atoms with Crippen LogP contribution >= 0.6 is 11.6 Å². The van der Waals surface area contributed by atoms with Crippen molar-refractivity contribution in [1.82, 2.24) is 4.90 Å². The number of piperidine rings is 1. The van der Waals surface area contributed by atoms with Gasteiger partial charge in [0.25, 0.3) is 0 Å². The van der Waals surface area contributed by atoms with Crippen LogP contribution in [0.25, 0.3) is 0 Å². The van der Waals surface area contributed by atoms with Gasteiger partial charge in [0, 0.05) is 29.6 Å². The number of halogens is 1. The Morgan fingerprint density at radius 3 is 2.70 bits per heavy atom. The van der Waals surface area contributed by atoms with E-state index in [2.05, 4.69) is 4.90 Å². The maximum atomic E-state index is 12.2. The average Bonchev–Trinajstić information content (AvgIpc) is 2.94. The second kappa shape index (κ2) is 6.28. The van der Waals surface area contributed by atoms with Gasteiger partial charge in [0.05, 0.1) is 0 Å². The SMILES string of the molecule is O=C(CCN1CCCC2CCCC21)c1ccc(Cl)cc1. The molecule has 0 amide bonds. The van der Waals surface area contributed by atoms with Crippen LogP contribution in [0.4, 0.5) is 0 Å². The van der Waals surface area contributed by atoms with E-state index >= 15 is 0 Å². The molecule has 1 aliphatic heterocycles. The largest absolute Gasteiger partial charge is 0.300 e. The van der Waals surface area contributed by atoms with Gasteiger partial charge in [-0.15, -0.1) is 0 Å². The van der Waals surface area contributed by atoms with Crippen molar-refractivity contribution in [2.24, 2.45) is 5.92 Å². The highest BCUT2D eigenvalue weighted by molar-refractivity contribution is 6.30. The van der Waals surface area contributed by atoms with Crippen LogP contribution in [0.2, 0.25) is 5.02 Å². The van der Waals surface area contributed by atoms with Gasteiger partial charge in [-0.3, -0.25) is 9.69 Å². The third kappa shape index (κ3) is 3.07. The lowest BCUT2D eigenvalue weighted by Gasteiger charge is -2.37. The standard InChI is InChI=1S/C17H22ClNO/c18-15-8-6-14(7-9-15)17(20)10-12-19-11-2-4-13-3-1-5-16(13)19/h6-9,13,16H,1-5,10-12H2. The van der Waals surface area contributed by atoms with E-state index in [0.29, 0.717) is 11.4 Å². The van der Waals surface area contributed by atoms with Gasteiger partial charge in [0.1, 0.15) is 0 Å². The van der Waals surface area contributed by atoms with Crippen molar-refractivity contribution >= 4 is 17.4 Å². The Bertz CT molecular complexity index is 470. The molecule has 1 saturated carbocycles. The number of hydrogen-bond acceptors (Lipinski definition) is 2. The summed E-state index contributed by atoms with van der Waals surface area (Å²) < 4.78 is 0. The molecular formula is C17H22ClNO. The van der Waals surface area contributed by atoms with Crippen molar-refractivity contribution in [3.8, 4) is 0 Å². The van der Waals surface area contributed by atoms with Gasteiger partial charge in [-0.2, -0.15) is 0 Å². The summed E-state index contributed by atoms with van der Waals surface area (Å²) in [5.41, 5.74) is 0.786. The van der Waals surface area contributed by atoms with Crippen molar-refractivity contribution in [2.75, 3.05) is 13.1 Å². The van der Waals surface area contributed by atoms with E-state index in [1.54, 1.807) is 12.1 Å². The number of ketones is 1. The number of carbonyl (C=O) groups is 1. The zero-order chi connectivity index (χ0) is 13.9. The maximum Gasteiger partial charge on any atom is 0.164 e. The average molecular weight is 292 g/mol. The smallest absolute Gasteiger partial charge is 0.164 e. The summed E-state index contributed by atoms with van der Waals surface area (Å²) in [6.45, 7) is 2.09. The highest BCUT2D eigenvalue weighted by Crippen LogP contribution is 2.36. The van der Waals surface area contributed by atoms with Crippen molar-refractivity contribution in [3.63, 3.8) is 0 Å². The molecule has 3 heteroatoms. The number of carbonyl (C=O) groups excluding carboxylic acids is 1. The van der Waals surface area contributed by atoms with Crippen LogP contribution in [-0.4, -0.2) is 29.8 Å². The molecule has 0 N–H and O–H groups in total. The van der Waals surface area contributed by atoms with E-state index in [1.165, 1.54) is 38.6 Å². The summed E-state index contributed by atoms with van der Waals surface area (Å²) >= 11 is 5.86. The van der Waals surface area contributed by atoms with Crippen LogP contribution in [0.15, 0.2) is 24.3 Å². The Morgan fingerprint density at radius 2 is 1.90 bits per heavy atom. The summed E-state index contributed by atoms with van der Waals surface area (Å²) in [5.74, 6) is 1.14. The number of nitrogens with zero attached hydrogens (tertiary/aromatic N) is 1. The molecule has 2 atom stereocenters. The topological polar surface area (TPSA) is 20.3 Å². The molecule has 1 aromatic carbocycles. The minimum Gasteiger partial charge on any atom is -0.300 e. The number of likely N-dealkylation sites (tertiary alicyclic amines) is 1. The van der Waals surface area contributed by atoms with E-state index in [9.17, 15) is 4.79 Å². The molecule has 20 heavy (non-hydrogen) atoms. The highest BCUT2D eigenvalue weighted by Gasteiger charge is 2.34. The van der Waals surface area contributed by atoms with Crippen LogP contribution in [0.5, 0.6) is 0 Å². The maximum absolute atomic E-state index is 12.2. The van der Waals surface area contributed by atoms with Gasteiger partial charge >= 0.3 is 0 Å². The third-order valence-electron chi connectivity index (χ3n) is 4.90. The van der Waals surface area contributed by atoms with Crippen LogP contribution < -0.4 is 0 Å². The van der Waals surface area contributed by atoms with Crippen molar-refractivity contribution in [1.29, 1.82) is 0 Å². The molecule has 1 aromatic rings. The van der Waals surface area contributed by atoms with E-state index in [4.69, 9.17) is 11.6 Å². The fourth-order valence-corrected chi connectivity index (χ4v) is 3.99. The molecule has 2 unspecified atom stereocenters. The Hall–Kier alpha value is -0.860. The first-order valence-corrected chi connectivity index (χ1v) is 8.14. The van der Waals surface area contributed by atoms with Crippen LogP contribution in [0.3, 0.4) is 0 Å². The van der Waals surface area contributed by atoms with Crippen LogP contribution in [-0.2, 0) is 0 Å². The quantitative estimate of drug-likeness (QED) is 0.776. The molecular weight excluding hydrogens is 270 g/mol. The number of benzene rings is 1. The predicted octanol–water partition coefficient (Wildman–Crippen LogP) is 4.18. The lowest BCUT2D eigenvalue weighted by molar-refractivity contribution is 0.0875. The minimum atomic E-state index is 0.238. The van der Waals surface area contributed by atoms with Gasteiger partial charge in [0.15, 0.2) is 5.78 Å². The lowest BCUT2D eigenvalue weighted by atomic mass is 9.91. The van der Waals surface area contributed by atoms with Crippen LogP contribution in [0.1, 0.15) is 48.9 Å². The number of Topliss-reactive ketones (excluding diaryl/α,β-unsaturated/α-hetero) is 1. The summed E-state index contributed by atoms with van der Waals surface area (Å²) in [5, 5.41) is 0.686. The summed E-state index contributed by atoms with van der Waals surface area (Å²) in [6.07, 6.45) is 7.43. The van der Waals surface area contributed by atoms with Gasteiger partial charge in [-0.1, -0.05) is 18.0 Å². The zero-order valence-electron chi connectivity index (χ0n) is 11.9. The fourth-order valence-electron chi connectivity index (χ4n) is 3.86. The Kier molecular flexibility index (Phi) is 4.42. The second-order valence-corrected chi connectivity index (χ2v) is 6.55. The Morgan fingerprint density at radius 1 is 1.15 bits per heavy atom. The first-order valence-electron chi connectivity index (χ1n) is 7.77. The molecule has 0 spiro atoms. The zero-order valence-corrected chi connectivity index (χ0v) is 12.6. The third-order valence-corrected chi connectivity index (χ3v) is 5.15. The second-order valence-electron chi connectivity index (χ2n) is 6.12. The van der Waals surface area contributed by atoms with Crippen molar-refractivity contribution in [3.05, 3.63) is 34.9 Å². The molecule has 1 heterocycles. The molecule has 3 rings (SSSR count). The van der Waals surface area contributed by atoms with Crippen molar-refractivity contribution < 1.29 is 4.79 Å². The number of rotatable bonds is 4. The number of hydrogen-bond donors (Lipinski definition) is 0. The fraction of sp³-hybridized carbons (Fsp3) is 0.588. The minimum absolute atomic E-state index is 0.238. The summed E-state index contributed by atoms with van der Waals surface area (Å²) in [4.78, 5) is 14.8. The first-order chi connectivity index (χ1) is 9.74. The van der Waals surface area contributed by atoms with E-state index < -0.39 is 0 Å². The van der Waals surface area contributed by atoms with Gasteiger partial charge in [0.2, 0.25) is 0 Å².